The maximum Gasteiger partial charge on any atom is 0.316 e. The zero-order chi connectivity index (χ0) is 15.1. The maximum absolute atomic E-state index is 12.6. The molecule has 1 aromatic rings. The van der Waals surface area contributed by atoms with Crippen LogP contribution in [0.4, 0.5) is 25.1 Å². The lowest BCUT2D eigenvalue weighted by atomic mass is 10.2. The van der Waals surface area contributed by atoms with Crippen molar-refractivity contribution >= 4 is 15.9 Å². The normalized spacial score (nSPS) is 15.3. The first kappa shape index (κ1) is 15.3. The molecule has 0 fully saturated rings. The molecule has 0 heterocycles. The SMILES string of the molecule is COc1cc(S(F)(F)(F)(F)F)cc([N+](=O)[O-])c1OC. The predicted octanol–water partition coefficient (Wildman–Crippen LogP) is 4.27. The highest BCUT2D eigenvalue weighted by Crippen LogP contribution is 3.02. The minimum Gasteiger partial charge on any atom is -0.493 e. The second-order valence-corrected chi connectivity index (χ2v) is 5.81. The fourth-order valence-corrected chi connectivity index (χ4v) is 1.94. The third kappa shape index (κ3) is 3.16. The lowest BCUT2D eigenvalue weighted by molar-refractivity contribution is -0.386. The Morgan fingerprint density at radius 2 is 1.63 bits per heavy atom. The molecule has 5 nitrogen and oxygen atoms in total. The third-order valence-corrected chi connectivity index (χ3v) is 3.20. The number of nitro groups is 1. The molecule has 0 unspecified atom stereocenters. The number of methoxy groups -OCH3 is 2. The van der Waals surface area contributed by atoms with Crippen molar-refractivity contribution < 1.29 is 33.8 Å². The summed E-state index contributed by atoms with van der Waals surface area (Å²) in [6, 6.07) is -0.309. The average molecular weight is 309 g/mol. The van der Waals surface area contributed by atoms with E-state index in [0.29, 0.717) is 0 Å². The Hall–Kier alpha value is -1.78. The van der Waals surface area contributed by atoms with Gasteiger partial charge in [-0.3, -0.25) is 10.1 Å². The molecule has 0 saturated carbocycles. The Labute approximate surface area is 103 Å². The van der Waals surface area contributed by atoms with Crippen LogP contribution < -0.4 is 9.47 Å². The van der Waals surface area contributed by atoms with E-state index in [2.05, 4.69) is 9.47 Å². The van der Waals surface area contributed by atoms with E-state index in [0.717, 1.165) is 14.2 Å². The topological polar surface area (TPSA) is 61.6 Å². The summed E-state index contributed by atoms with van der Waals surface area (Å²) in [5, 5.41) is 10.6. The van der Waals surface area contributed by atoms with Gasteiger partial charge in [0, 0.05) is 12.1 Å². The quantitative estimate of drug-likeness (QED) is 0.473. The Morgan fingerprint density at radius 3 is 1.95 bits per heavy atom. The lowest BCUT2D eigenvalue weighted by Crippen LogP contribution is -2.08. The Bertz CT molecular complexity index is 544. The molecule has 0 aliphatic carbocycles. The summed E-state index contributed by atoms with van der Waals surface area (Å²) in [7, 11) is -8.24. The fraction of sp³-hybridized carbons (Fsp3) is 0.250. The highest BCUT2D eigenvalue weighted by atomic mass is 32.5. The van der Waals surface area contributed by atoms with Crippen LogP contribution in [-0.4, -0.2) is 19.1 Å². The second-order valence-electron chi connectivity index (χ2n) is 3.40. The summed E-state index contributed by atoms with van der Waals surface area (Å²) >= 11 is 0. The summed E-state index contributed by atoms with van der Waals surface area (Å²) in [5.41, 5.74) is -1.26. The molecule has 0 amide bonds. The highest BCUT2D eigenvalue weighted by molar-refractivity contribution is 8.45. The minimum absolute atomic E-state index is 0.0343. The van der Waals surface area contributed by atoms with Gasteiger partial charge in [0.25, 0.3) is 0 Å². The average Bonchev–Trinajstić information content (AvgIpc) is 2.23. The monoisotopic (exact) mass is 309 g/mol. The van der Waals surface area contributed by atoms with Gasteiger partial charge in [-0.2, -0.15) is 0 Å². The van der Waals surface area contributed by atoms with Crippen LogP contribution in [0, 0.1) is 10.1 Å². The van der Waals surface area contributed by atoms with Gasteiger partial charge in [0.05, 0.1) is 19.1 Å². The van der Waals surface area contributed by atoms with Crippen molar-refractivity contribution in [3.63, 3.8) is 0 Å². The van der Waals surface area contributed by atoms with Gasteiger partial charge in [-0.05, 0) is 0 Å². The summed E-state index contributed by atoms with van der Waals surface area (Å²) in [4.78, 5) is 6.93. The van der Waals surface area contributed by atoms with Crippen molar-refractivity contribution in [1.29, 1.82) is 0 Å². The van der Waals surface area contributed by atoms with E-state index in [9.17, 15) is 29.5 Å². The Balaban J connectivity index is 3.75. The lowest BCUT2D eigenvalue weighted by Gasteiger charge is -2.40. The van der Waals surface area contributed by atoms with Gasteiger partial charge in [0.1, 0.15) is 4.90 Å². The Kier molecular flexibility index (Phi) is 2.91. The molecule has 0 aliphatic heterocycles. The summed E-state index contributed by atoms with van der Waals surface area (Å²) in [5.74, 6) is -1.47. The predicted molar refractivity (Wildman–Crippen MR) is 57.6 cm³/mol. The number of hydrogen-bond acceptors (Lipinski definition) is 4. The zero-order valence-corrected chi connectivity index (χ0v) is 10.3. The highest BCUT2D eigenvalue weighted by Gasteiger charge is 2.66. The van der Waals surface area contributed by atoms with Gasteiger partial charge in [-0.1, -0.05) is 19.4 Å². The Morgan fingerprint density at radius 1 is 1.11 bits per heavy atom. The van der Waals surface area contributed by atoms with Crippen LogP contribution in [0.3, 0.4) is 0 Å². The van der Waals surface area contributed by atoms with Crippen LogP contribution in [-0.2, 0) is 0 Å². The summed E-state index contributed by atoms with van der Waals surface area (Å²) in [6.45, 7) is 0. The van der Waals surface area contributed by atoms with Gasteiger partial charge in [-0.15, -0.1) is 0 Å². The summed E-state index contributed by atoms with van der Waals surface area (Å²) < 4.78 is 72.0. The van der Waals surface area contributed by atoms with Crippen molar-refractivity contribution in [2.45, 2.75) is 4.90 Å². The fourth-order valence-electron chi connectivity index (χ4n) is 1.28. The zero-order valence-electron chi connectivity index (χ0n) is 9.53. The molecule has 0 aromatic heterocycles. The van der Waals surface area contributed by atoms with Crippen molar-refractivity contribution in [1.82, 2.24) is 0 Å². The van der Waals surface area contributed by atoms with E-state index in [1.807, 2.05) is 0 Å². The van der Waals surface area contributed by atoms with E-state index in [-0.39, 0.29) is 12.1 Å². The van der Waals surface area contributed by atoms with Crippen LogP contribution in [0.1, 0.15) is 0 Å². The second kappa shape index (κ2) is 3.62. The van der Waals surface area contributed by atoms with E-state index in [1.54, 1.807) is 0 Å². The number of rotatable bonds is 4. The third-order valence-electron chi connectivity index (χ3n) is 2.07. The van der Waals surface area contributed by atoms with E-state index < -0.39 is 37.2 Å². The number of nitro benzene ring substituents is 1. The number of hydrogen-bond donors (Lipinski definition) is 0. The van der Waals surface area contributed by atoms with Crippen LogP contribution in [0.25, 0.3) is 0 Å². The molecule has 1 rings (SSSR count). The first-order valence-corrected chi connectivity index (χ1v) is 6.40. The van der Waals surface area contributed by atoms with Gasteiger partial charge in [0.2, 0.25) is 5.75 Å². The molecule has 0 radical (unpaired) electrons. The number of halogens is 5. The molecular formula is C8H8F5NO4S. The summed E-state index contributed by atoms with van der Waals surface area (Å²) in [6.07, 6.45) is 0. The first-order chi connectivity index (χ1) is 8.30. The largest absolute Gasteiger partial charge is 0.493 e. The molecule has 0 spiro atoms. The van der Waals surface area contributed by atoms with Crippen molar-refractivity contribution in [3.05, 3.63) is 22.2 Å². The van der Waals surface area contributed by atoms with Crippen molar-refractivity contribution in [2.75, 3.05) is 14.2 Å². The van der Waals surface area contributed by atoms with E-state index >= 15 is 0 Å². The molecular weight excluding hydrogens is 301 g/mol. The first-order valence-electron chi connectivity index (χ1n) is 4.44. The smallest absolute Gasteiger partial charge is 0.316 e. The van der Waals surface area contributed by atoms with Crippen LogP contribution >= 0.6 is 10.2 Å². The molecule has 1 aromatic carbocycles. The molecule has 11 heteroatoms. The van der Waals surface area contributed by atoms with Crippen molar-refractivity contribution in [2.24, 2.45) is 0 Å². The van der Waals surface area contributed by atoms with Crippen LogP contribution in [0.15, 0.2) is 17.0 Å². The van der Waals surface area contributed by atoms with Crippen LogP contribution in [0.2, 0.25) is 0 Å². The van der Waals surface area contributed by atoms with Crippen molar-refractivity contribution in [3.8, 4) is 11.5 Å². The molecule has 0 bridgehead atoms. The maximum atomic E-state index is 12.6. The number of ether oxygens (including phenoxy) is 2. The minimum atomic E-state index is -10.0. The standard InChI is InChI=1S/C8H8F5NO4S/c1-17-7-4-5(19(9,10,11,12)13)3-6(14(15)16)8(7)18-2/h3-4H,1-2H3. The van der Waals surface area contributed by atoms with E-state index in [1.165, 1.54) is 0 Å². The number of nitrogens with zero attached hydrogens (tertiary/aromatic N) is 1. The molecule has 0 saturated heterocycles. The molecule has 110 valence electrons. The van der Waals surface area contributed by atoms with Crippen LogP contribution in [0.5, 0.6) is 11.5 Å². The van der Waals surface area contributed by atoms with Gasteiger partial charge >= 0.3 is 15.9 Å². The van der Waals surface area contributed by atoms with E-state index in [4.69, 9.17) is 0 Å². The number of benzene rings is 1. The molecule has 0 N–H and O–H groups in total. The van der Waals surface area contributed by atoms with Gasteiger partial charge < -0.3 is 9.47 Å². The molecule has 0 aliphatic rings. The molecule has 19 heavy (non-hydrogen) atoms. The van der Waals surface area contributed by atoms with Gasteiger partial charge in [0.15, 0.2) is 5.75 Å². The van der Waals surface area contributed by atoms with Gasteiger partial charge in [-0.25, -0.2) is 0 Å². The molecule has 0 atom stereocenters.